The van der Waals surface area contributed by atoms with Crippen molar-refractivity contribution in [3.63, 3.8) is 0 Å². The minimum Gasteiger partial charge on any atom is -0.316 e. The molecule has 1 N–H and O–H groups in total. The number of hydrogen-bond acceptors (Lipinski definition) is 2. The predicted molar refractivity (Wildman–Crippen MR) is 74.0 cm³/mol. The van der Waals surface area contributed by atoms with Crippen molar-refractivity contribution < 1.29 is 4.39 Å². The number of hydrogen-bond donors (Lipinski definition) is 1. The van der Waals surface area contributed by atoms with Gasteiger partial charge >= 0.3 is 0 Å². The number of halogens is 1. The van der Waals surface area contributed by atoms with Crippen molar-refractivity contribution in [2.75, 3.05) is 13.1 Å². The van der Waals surface area contributed by atoms with Crippen LogP contribution in [0, 0.1) is 11.7 Å². The maximum atomic E-state index is 13.4. The van der Waals surface area contributed by atoms with Gasteiger partial charge in [0, 0.05) is 16.7 Å². The van der Waals surface area contributed by atoms with E-state index in [2.05, 4.69) is 26.1 Å². The Morgan fingerprint density at radius 1 is 1.24 bits per heavy atom. The maximum absolute atomic E-state index is 13.4. The Morgan fingerprint density at radius 3 is 2.59 bits per heavy atom. The van der Waals surface area contributed by atoms with Crippen LogP contribution < -0.4 is 5.32 Å². The normalized spacial score (nSPS) is 13.0. The van der Waals surface area contributed by atoms with Crippen molar-refractivity contribution in [3.8, 4) is 0 Å². The van der Waals surface area contributed by atoms with Crippen molar-refractivity contribution in [1.29, 1.82) is 0 Å². The summed E-state index contributed by atoms with van der Waals surface area (Å²) in [4.78, 5) is 0.741. The fourth-order valence-corrected chi connectivity index (χ4v) is 2.47. The summed E-state index contributed by atoms with van der Waals surface area (Å²) in [5, 5.41) is 3.80. The van der Waals surface area contributed by atoms with E-state index >= 15 is 0 Å². The van der Waals surface area contributed by atoms with Crippen LogP contribution in [0.15, 0.2) is 29.2 Å². The average molecular weight is 255 g/mol. The zero-order chi connectivity index (χ0) is 12.7. The van der Waals surface area contributed by atoms with E-state index in [9.17, 15) is 4.39 Å². The van der Waals surface area contributed by atoms with E-state index in [4.69, 9.17) is 0 Å². The molecule has 1 nitrogen and oxygen atoms in total. The monoisotopic (exact) mass is 255 g/mol. The summed E-state index contributed by atoms with van der Waals surface area (Å²) in [5.74, 6) is 0.614. The SMILES string of the molecule is CC(C)CCNCC(C)Sc1ccccc1F. The van der Waals surface area contributed by atoms with Gasteiger partial charge in [0.1, 0.15) is 5.82 Å². The molecule has 0 aliphatic rings. The van der Waals surface area contributed by atoms with Gasteiger partial charge in [0.2, 0.25) is 0 Å². The van der Waals surface area contributed by atoms with Gasteiger partial charge in [-0.15, -0.1) is 11.8 Å². The van der Waals surface area contributed by atoms with Gasteiger partial charge in [-0.2, -0.15) is 0 Å². The minimum atomic E-state index is -0.119. The lowest BCUT2D eigenvalue weighted by Gasteiger charge is -2.13. The summed E-state index contributed by atoms with van der Waals surface area (Å²) in [6, 6.07) is 6.96. The van der Waals surface area contributed by atoms with Crippen LogP contribution in [0.3, 0.4) is 0 Å². The van der Waals surface area contributed by atoms with Gasteiger partial charge in [0.05, 0.1) is 0 Å². The lowest BCUT2D eigenvalue weighted by molar-refractivity contribution is 0.538. The molecule has 0 fully saturated rings. The number of benzene rings is 1. The predicted octanol–water partition coefficient (Wildman–Crippen LogP) is 3.94. The Bertz CT molecular complexity index is 328. The van der Waals surface area contributed by atoms with Crippen LogP contribution in [0.2, 0.25) is 0 Å². The molecule has 0 heterocycles. The molecule has 0 spiro atoms. The van der Waals surface area contributed by atoms with E-state index in [0.717, 1.165) is 23.9 Å². The molecular formula is C14H22FNS. The Morgan fingerprint density at radius 2 is 1.94 bits per heavy atom. The third kappa shape index (κ3) is 6.08. The highest BCUT2D eigenvalue weighted by atomic mass is 32.2. The Balaban J connectivity index is 2.25. The van der Waals surface area contributed by atoms with Gasteiger partial charge in [0.25, 0.3) is 0 Å². The van der Waals surface area contributed by atoms with Crippen molar-refractivity contribution in [3.05, 3.63) is 30.1 Å². The summed E-state index contributed by atoms with van der Waals surface area (Å²) in [6.45, 7) is 8.53. The fourth-order valence-electron chi connectivity index (χ4n) is 1.49. The van der Waals surface area contributed by atoms with Gasteiger partial charge in [-0.3, -0.25) is 0 Å². The first-order valence-corrected chi connectivity index (χ1v) is 7.09. The van der Waals surface area contributed by atoms with E-state index in [1.807, 2.05) is 12.1 Å². The van der Waals surface area contributed by atoms with Crippen molar-refractivity contribution in [2.24, 2.45) is 5.92 Å². The van der Waals surface area contributed by atoms with Crippen LogP contribution >= 0.6 is 11.8 Å². The molecule has 0 aliphatic carbocycles. The van der Waals surface area contributed by atoms with Crippen molar-refractivity contribution >= 4 is 11.8 Å². The molecule has 17 heavy (non-hydrogen) atoms. The number of thioether (sulfide) groups is 1. The number of nitrogens with one attached hydrogen (secondary N) is 1. The van der Waals surface area contributed by atoms with Crippen molar-refractivity contribution in [1.82, 2.24) is 5.32 Å². The molecule has 0 aliphatic heterocycles. The molecule has 0 bridgehead atoms. The van der Waals surface area contributed by atoms with E-state index in [0.29, 0.717) is 5.25 Å². The Labute approximate surface area is 108 Å². The molecule has 0 radical (unpaired) electrons. The molecule has 1 atom stereocenters. The molecule has 1 aromatic carbocycles. The maximum Gasteiger partial charge on any atom is 0.136 e. The van der Waals surface area contributed by atoms with E-state index in [1.54, 1.807) is 17.8 Å². The van der Waals surface area contributed by atoms with Crippen LogP contribution in [0.1, 0.15) is 27.2 Å². The van der Waals surface area contributed by atoms with Crippen molar-refractivity contribution in [2.45, 2.75) is 37.3 Å². The second-order valence-corrected chi connectivity index (χ2v) is 6.23. The third-order valence-corrected chi connectivity index (χ3v) is 3.65. The average Bonchev–Trinajstić information content (AvgIpc) is 2.27. The Kier molecular flexibility index (Phi) is 6.60. The molecule has 1 rings (SSSR count). The standard InChI is InChI=1S/C14H22FNS/c1-11(2)8-9-16-10-12(3)17-14-7-5-4-6-13(14)15/h4-7,11-12,16H,8-10H2,1-3H3. The topological polar surface area (TPSA) is 12.0 Å². The lowest BCUT2D eigenvalue weighted by Crippen LogP contribution is -2.24. The molecule has 3 heteroatoms. The second-order valence-electron chi connectivity index (χ2n) is 4.75. The first-order valence-electron chi connectivity index (χ1n) is 6.21. The van der Waals surface area contributed by atoms with E-state index < -0.39 is 0 Å². The molecule has 1 unspecified atom stereocenters. The minimum absolute atomic E-state index is 0.119. The van der Waals surface area contributed by atoms with Crippen LogP contribution in [0.5, 0.6) is 0 Å². The summed E-state index contributed by atoms with van der Waals surface area (Å²) in [5.41, 5.74) is 0. The molecule has 0 aromatic heterocycles. The zero-order valence-electron chi connectivity index (χ0n) is 10.9. The molecule has 0 saturated heterocycles. The van der Waals surface area contributed by atoms with Gasteiger partial charge in [-0.05, 0) is 31.0 Å². The quantitative estimate of drug-likeness (QED) is 0.585. The van der Waals surface area contributed by atoms with E-state index in [1.165, 1.54) is 12.5 Å². The van der Waals surface area contributed by atoms with Crippen LogP contribution in [-0.2, 0) is 0 Å². The summed E-state index contributed by atoms with van der Waals surface area (Å²) < 4.78 is 13.4. The highest BCUT2D eigenvalue weighted by Gasteiger charge is 2.07. The molecule has 96 valence electrons. The molecular weight excluding hydrogens is 233 g/mol. The van der Waals surface area contributed by atoms with Gasteiger partial charge in [-0.25, -0.2) is 4.39 Å². The largest absolute Gasteiger partial charge is 0.316 e. The van der Waals surface area contributed by atoms with Gasteiger partial charge in [0.15, 0.2) is 0 Å². The van der Waals surface area contributed by atoms with Crippen LogP contribution in [-0.4, -0.2) is 18.3 Å². The summed E-state index contributed by atoms with van der Waals surface area (Å²) in [7, 11) is 0. The highest BCUT2D eigenvalue weighted by molar-refractivity contribution is 8.00. The zero-order valence-corrected chi connectivity index (χ0v) is 11.7. The molecule has 0 saturated carbocycles. The molecule has 0 amide bonds. The van der Waals surface area contributed by atoms with Gasteiger partial charge in [-0.1, -0.05) is 32.9 Å². The van der Waals surface area contributed by atoms with Crippen LogP contribution in [0.25, 0.3) is 0 Å². The number of rotatable bonds is 7. The highest BCUT2D eigenvalue weighted by Crippen LogP contribution is 2.25. The Hall–Kier alpha value is -0.540. The lowest BCUT2D eigenvalue weighted by atomic mass is 10.1. The summed E-state index contributed by atoms with van der Waals surface area (Å²) >= 11 is 1.59. The first-order chi connectivity index (χ1) is 8.09. The first kappa shape index (κ1) is 14.5. The smallest absolute Gasteiger partial charge is 0.136 e. The van der Waals surface area contributed by atoms with Crippen LogP contribution in [0.4, 0.5) is 4.39 Å². The van der Waals surface area contributed by atoms with Gasteiger partial charge < -0.3 is 5.32 Å². The second kappa shape index (κ2) is 7.72. The fraction of sp³-hybridized carbons (Fsp3) is 0.571. The summed E-state index contributed by atoms with van der Waals surface area (Å²) in [6.07, 6.45) is 1.19. The third-order valence-electron chi connectivity index (χ3n) is 2.50. The van der Waals surface area contributed by atoms with E-state index in [-0.39, 0.29) is 5.82 Å². The molecule has 1 aromatic rings.